The third-order valence-corrected chi connectivity index (χ3v) is 4.01. The number of likely N-dealkylation sites (tertiary alicyclic amines) is 1. The molecule has 1 fully saturated rings. The van der Waals surface area contributed by atoms with Gasteiger partial charge in [-0.3, -0.25) is 19.8 Å². The lowest BCUT2D eigenvalue weighted by Gasteiger charge is -2.35. The number of nitrogen functional groups attached to an aromatic ring is 1. The van der Waals surface area contributed by atoms with Crippen LogP contribution in [0.3, 0.4) is 0 Å². The van der Waals surface area contributed by atoms with Crippen LogP contribution in [0.15, 0.2) is 6.20 Å². The van der Waals surface area contributed by atoms with Crippen LogP contribution in [0.25, 0.3) is 0 Å². The number of nitrogens with one attached hydrogen (secondary N) is 1. The van der Waals surface area contributed by atoms with E-state index in [9.17, 15) is 4.79 Å². The van der Waals surface area contributed by atoms with Crippen molar-refractivity contribution in [2.75, 3.05) is 6.54 Å². The Bertz CT molecular complexity index is 442. The molecule has 6 nitrogen and oxygen atoms in total. The summed E-state index contributed by atoms with van der Waals surface area (Å²) in [6, 6.07) is 0.609. The molecule has 6 heteroatoms. The minimum Gasteiger partial charge on any atom is -0.295 e. The Balaban J connectivity index is 2.17. The van der Waals surface area contributed by atoms with Crippen molar-refractivity contribution < 1.29 is 4.79 Å². The van der Waals surface area contributed by atoms with E-state index in [4.69, 9.17) is 5.84 Å². The van der Waals surface area contributed by atoms with Crippen LogP contribution >= 0.6 is 0 Å². The molecule has 3 N–H and O–H groups in total. The summed E-state index contributed by atoms with van der Waals surface area (Å²) in [5.74, 6) is 4.95. The Labute approximate surface area is 113 Å². The van der Waals surface area contributed by atoms with Crippen LogP contribution in [-0.2, 0) is 13.6 Å². The zero-order chi connectivity index (χ0) is 13.8. The monoisotopic (exact) mass is 265 g/mol. The maximum absolute atomic E-state index is 11.7. The number of nitrogens with two attached hydrogens (primary N) is 1. The largest absolute Gasteiger partial charge is 0.295 e. The van der Waals surface area contributed by atoms with Gasteiger partial charge in [0.25, 0.3) is 5.91 Å². The van der Waals surface area contributed by atoms with Crippen molar-refractivity contribution in [1.82, 2.24) is 20.1 Å². The number of hydrogen-bond donors (Lipinski definition) is 2. The summed E-state index contributed by atoms with van der Waals surface area (Å²) in [5.41, 5.74) is 3.69. The summed E-state index contributed by atoms with van der Waals surface area (Å²) in [4.78, 5) is 14.2. The molecule has 0 saturated carbocycles. The molecule has 19 heavy (non-hydrogen) atoms. The molecular formula is C13H23N5O. The molecule has 1 aromatic rings. The number of amides is 1. The highest BCUT2D eigenvalue weighted by Crippen LogP contribution is 2.22. The van der Waals surface area contributed by atoms with Crippen molar-refractivity contribution in [3.05, 3.63) is 17.5 Å². The standard InChI is InChI=1S/C13H23N5O/c1-3-10-6-4-5-7-18(10)9-12-11(13(19)16-14)8-15-17(12)2/h8,10H,3-7,9,14H2,1-2H3,(H,16,19)/t10-/m0/s1. The summed E-state index contributed by atoms with van der Waals surface area (Å²) >= 11 is 0. The number of hydrogen-bond acceptors (Lipinski definition) is 4. The molecule has 1 saturated heterocycles. The molecule has 0 spiro atoms. The lowest BCUT2D eigenvalue weighted by molar-refractivity contribution is 0.0947. The fourth-order valence-corrected chi connectivity index (χ4v) is 2.84. The maximum Gasteiger partial charge on any atom is 0.268 e. The predicted molar refractivity (Wildman–Crippen MR) is 73.2 cm³/mol. The van der Waals surface area contributed by atoms with Crippen molar-refractivity contribution in [1.29, 1.82) is 0 Å². The molecule has 0 aromatic carbocycles. The van der Waals surface area contributed by atoms with E-state index >= 15 is 0 Å². The summed E-state index contributed by atoms with van der Waals surface area (Å²) in [5, 5.41) is 4.18. The average Bonchev–Trinajstić information content (AvgIpc) is 2.80. The number of rotatable bonds is 4. The molecule has 1 aromatic heterocycles. The third-order valence-electron chi connectivity index (χ3n) is 4.01. The van der Waals surface area contributed by atoms with Gasteiger partial charge in [0.05, 0.1) is 17.5 Å². The predicted octanol–water partition coefficient (Wildman–Crippen LogP) is 0.788. The first-order valence-corrected chi connectivity index (χ1v) is 6.93. The smallest absolute Gasteiger partial charge is 0.268 e. The van der Waals surface area contributed by atoms with Crippen molar-refractivity contribution in [3.63, 3.8) is 0 Å². The van der Waals surface area contributed by atoms with Gasteiger partial charge in [-0.15, -0.1) is 0 Å². The van der Waals surface area contributed by atoms with Gasteiger partial charge < -0.3 is 0 Å². The van der Waals surface area contributed by atoms with E-state index in [1.807, 2.05) is 7.05 Å². The second kappa shape index (κ2) is 6.16. The number of piperidine rings is 1. The molecule has 0 radical (unpaired) electrons. The molecule has 106 valence electrons. The fraction of sp³-hybridized carbons (Fsp3) is 0.692. The van der Waals surface area contributed by atoms with Gasteiger partial charge >= 0.3 is 0 Å². The van der Waals surface area contributed by atoms with Crippen molar-refractivity contribution >= 4 is 5.91 Å². The number of aryl methyl sites for hydroxylation is 1. The van der Waals surface area contributed by atoms with E-state index < -0.39 is 0 Å². The first-order valence-electron chi connectivity index (χ1n) is 6.93. The second-order valence-corrected chi connectivity index (χ2v) is 5.13. The van der Waals surface area contributed by atoms with Crippen LogP contribution in [0, 0.1) is 0 Å². The van der Waals surface area contributed by atoms with Crippen LogP contribution in [0.1, 0.15) is 48.7 Å². The normalized spacial score (nSPS) is 20.5. The van der Waals surface area contributed by atoms with E-state index in [2.05, 4.69) is 22.3 Å². The molecule has 1 aliphatic heterocycles. The maximum atomic E-state index is 11.7. The van der Waals surface area contributed by atoms with Crippen LogP contribution in [0.2, 0.25) is 0 Å². The van der Waals surface area contributed by atoms with E-state index in [0.29, 0.717) is 11.6 Å². The van der Waals surface area contributed by atoms with Gasteiger partial charge in [-0.25, -0.2) is 5.84 Å². The highest BCUT2D eigenvalue weighted by Gasteiger charge is 2.24. The Morgan fingerprint density at radius 2 is 2.37 bits per heavy atom. The van der Waals surface area contributed by atoms with Crippen LogP contribution < -0.4 is 11.3 Å². The molecule has 0 unspecified atom stereocenters. The zero-order valence-corrected chi connectivity index (χ0v) is 11.7. The van der Waals surface area contributed by atoms with E-state index in [1.54, 1.807) is 10.9 Å². The van der Waals surface area contributed by atoms with Gasteiger partial charge in [-0.05, 0) is 25.8 Å². The SMILES string of the molecule is CC[C@H]1CCCCN1Cc1c(C(=O)NN)cnn1C. The Morgan fingerprint density at radius 1 is 1.58 bits per heavy atom. The van der Waals surface area contributed by atoms with Gasteiger partial charge in [0.2, 0.25) is 0 Å². The van der Waals surface area contributed by atoms with Crippen LogP contribution in [-0.4, -0.2) is 33.2 Å². The van der Waals surface area contributed by atoms with Gasteiger partial charge in [0.15, 0.2) is 0 Å². The van der Waals surface area contributed by atoms with Crippen LogP contribution in [0.4, 0.5) is 0 Å². The summed E-state index contributed by atoms with van der Waals surface area (Å²) in [6.45, 7) is 4.07. The lowest BCUT2D eigenvalue weighted by Crippen LogP contribution is -2.39. The summed E-state index contributed by atoms with van der Waals surface area (Å²) in [7, 11) is 1.87. The van der Waals surface area contributed by atoms with Crippen molar-refractivity contribution in [3.8, 4) is 0 Å². The highest BCUT2D eigenvalue weighted by atomic mass is 16.2. The van der Waals surface area contributed by atoms with Gasteiger partial charge in [0, 0.05) is 19.6 Å². The number of carbonyl (C=O) groups is 1. The van der Waals surface area contributed by atoms with E-state index in [-0.39, 0.29) is 5.91 Å². The summed E-state index contributed by atoms with van der Waals surface area (Å²) < 4.78 is 1.77. The molecule has 1 aliphatic rings. The fourth-order valence-electron chi connectivity index (χ4n) is 2.84. The minimum atomic E-state index is -0.270. The van der Waals surface area contributed by atoms with Crippen LogP contribution in [0.5, 0.6) is 0 Å². The molecular weight excluding hydrogens is 242 g/mol. The number of hydrazine groups is 1. The average molecular weight is 265 g/mol. The minimum absolute atomic E-state index is 0.270. The first-order chi connectivity index (χ1) is 9.17. The van der Waals surface area contributed by atoms with Crippen molar-refractivity contribution in [2.24, 2.45) is 12.9 Å². The third kappa shape index (κ3) is 2.96. The molecule has 1 amide bonds. The van der Waals surface area contributed by atoms with E-state index in [1.165, 1.54) is 19.3 Å². The van der Waals surface area contributed by atoms with Gasteiger partial charge in [-0.1, -0.05) is 13.3 Å². The van der Waals surface area contributed by atoms with Crippen molar-refractivity contribution in [2.45, 2.75) is 45.2 Å². The van der Waals surface area contributed by atoms with Gasteiger partial charge in [0.1, 0.15) is 0 Å². The Morgan fingerprint density at radius 3 is 3.05 bits per heavy atom. The highest BCUT2D eigenvalue weighted by molar-refractivity contribution is 5.94. The number of aromatic nitrogens is 2. The molecule has 0 bridgehead atoms. The Kier molecular flexibility index (Phi) is 4.55. The van der Waals surface area contributed by atoms with Gasteiger partial charge in [-0.2, -0.15) is 5.10 Å². The first kappa shape index (κ1) is 14.0. The van der Waals surface area contributed by atoms with E-state index in [0.717, 1.165) is 25.2 Å². The zero-order valence-electron chi connectivity index (χ0n) is 11.7. The number of nitrogens with zero attached hydrogens (tertiary/aromatic N) is 3. The lowest BCUT2D eigenvalue weighted by atomic mass is 9.99. The quantitative estimate of drug-likeness (QED) is 0.479. The Hall–Kier alpha value is -1.40. The molecule has 1 atom stereocenters. The number of carbonyl (C=O) groups excluding carboxylic acids is 1. The molecule has 2 rings (SSSR count). The second-order valence-electron chi connectivity index (χ2n) is 5.13. The summed E-state index contributed by atoms with van der Waals surface area (Å²) in [6.07, 6.45) is 6.51. The molecule has 2 heterocycles. The topological polar surface area (TPSA) is 76.2 Å². The molecule has 0 aliphatic carbocycles.